The van der Waals surface area contributed by atoms with E-state index < -0.39 is 5.60 Å². The third kappa shape index (κ3) is 2.70. The zero-order valence-electron chi connectivity index (χ0n) is 9.36. The van der Waals surface area contributed by atoms with Crippen molar-refractivity contribution in [2.45, 2.75) is 25.4 Å². The van der Waals surface area contributed by atoms with Gasteiger partial charge >= 0.3 is 0 Å². The third-order valence-electron chi connectivity index (χ3n) is 2.61. The lowest BCUT2D eigenvalue weighted by molar-refractivity contribution is 0.0357. The minimum atomic E-state index is -0.927. The Kier molecular flexibility index (Phi) is 4.12. The first-order valence-corrected chi connectivity index (χ1v) is 5.23. The SMILES string of the molecule is CCCC(O)(CN)c1cccc(OC)c1. The predicted octanol–water partition coefficient (Wildman–Crippen LogP) is 1.64. The van der Waals surface area contributed by atoms with Crippen molar-refractivity contribution in [3.8, 4) is 5.75 Å². The summed E-state index contributed by atoms with van der Waals surface area (Å²) in [6.07, 6.45) is 1.56. The molecule has 0 aliphatic carbocycles. The van der Waals surface area contributed by atoms with E-state index in [4.69, 9.17) is 10.5 Å². The molecule has 1 atom stereocenters. The lowest BCUT2D eigenvalue weighted by Gasteiger charge is -2.26. The van der Waals surface area contributed by atoms with E-state index in [2.05, 4.69) is 0 Å². The maximum atomic E-state index is 10.3. The van der Waals surface area contributed by atoms with Crippen molar-refractivity contribution >= 4 is 0 Å². The number of aliphatic hydroxyl groups is 1. The molecule has 0 aliphatic heterocycles. The summed E-state index contributed by atoms with van der Waals surface area (Å²) in [6, 6.07) is 7.43. The van der Waals surface area contributed by atoms with Gasteiger partial charge in [-0.2, -0.15) is 0 Å². The molecule has 0 saturated carbocycles. The topological polar surface area (TPSA) is 55.5 Å². The molecular formula is C12H19NO2. The summed E-state index contributed by atoms with van der Waals surface area (Å²) in [5.74, 6) is 0.746. The van der Waals surface area contributed by atoms with Crippen LogP contribution in [-0.2, 0) is 5.60 Å². The van der Waals surface area contributed by atoms with Crippen LogP contribution in [0.25, 0.3) is 0 Å². The Hall–Kier alpha value is -1.06. The molecule has 15 heavy (non-hydrogen) atoms. The molecule has 0 saturated heterocycles. The van der Waals surface area contributed by atoms with E-state index in [-0.39, 0.29) is 6.54 Å². The van der Waals surface area contributed by atoms with Gasteiger partial charge in [-0.1, -0.05) is 25.5 Å². The number of hydrogen-bond donors (Lipinski definition) is 2. The first-order chi connectivity index (χ1) is 7.16. The Morgan fingerprint density at radius 3 is 2.73 bits per heavy atom. The van der Waals surface area contributed by atoms with Crippen molar-refractivity contribution in [3.63, 3.8) is 0 Å². The van der Waals surface area contributed by atoms with Crippen molar-refractivity contribution in [1.29, 1.82) is 0 Å². The number of methoxy groups -OCH3 is 1. The van der Waals surface area contributed by atoms with E-state index in [1.165, 1.54) is 0 Å². The van der Waals surface area contributed by atoms with Gasteiger partial charge in [0.1, 0.15) is 11.4 Å². The van der Waals surface area contributed by atoms with Gasteiger partial charge in [0.15, 0.2) is 0 Å². The van der Waals surface area contributed by atoms with Gasteiger partial charge in [0, 0.05) is 6.54 Å². The maximum absolute atomic E-state index is 10.3. The monoisotopic (exact) mass is 209 g/mol. The van der Waals surface area contributed by atoms with Crippen LogP contribution in [-0.4, -0.2) is 18.8 Å². The smallest absolute Gasteiger partial charge is 0.119 e. The molecule has 0 radical (unpaired) electrons. The first kappa shape index (κ1) is 12.0. The Morgan fingerprint density at radius 2 is 2.20 bits per heavy atom. The molecule has 0 spiro atoms. The summed E-state index contributed by atoms with van der Waals surface area (Å²) < 4.78 is 5.12. The normalized spacial score (nSPS) is 14.7. The Morgan fingerprint density at radius 1 is 1.47 bits per heavy atom. The molecule has 0 fully saturated rings. The van der Waals surface area contributed by atoms with Crippen molar-refractivity contribution in [2.24, 2.45) is 5.73 Å². The minimum absolute atomic E-state index is 0.230. The molecule has 1 unspecified atom stereocenters. The molecule has 3 N–H and O–H groups in total. The highest BCUT2D eigenvalue weighted by Crippen LogP contribution is 2.27. The number of hydrogen-bond acceptors (Lipinski definition) is 3. The summed E-state index contributed by atoms with van der Waals surface area (Å²) in [6.45, 7) is 2.26. The average molecular weight is 209 g/mol. The van der Waals surface area contributed by atoms with E-state index in [0.29, 0.717) is 6.42 Å². The third-order valence-corrected chi connectivity index (χ3v) is 2.61. The summed E-state index contributed by atoms with van der Waals surface area (Å²) in [5.41, 5.74) is 5.52. The fourth-order valence-electron chi connectivity index (χ4n) is 1.69. The van der Waals surface area contributed by atoms with Crippen LogP contribution in [0.15, 0.2) is 24.3 Å². The summed E-state index contributed by atoms with van der Waals surface area (Å²) in [7, 11) is 1.61. The van der Waals surface area contributed by atoms with Gasteiger partial charge in [0.2, 0.25) is 0 Å². The van der Waals surface area contributed by atoms with Gasteiger partial charge in [0.25, 0.3) is 0 Å². The standard InChI is InChI=1S/C12H19NO2/c1-3-7-12(14,9-13)10-5-4-6-11(8-10)15-2/h4-6,8,14H,3,7,9,13H2,1-2H3. The first-order valence-electron chi connectivity index (χ1n) is 5.23. The number of ether oxygens (including phenoxy) is 1. The van der Waals surface area contributed by atoms with E-state index >= 15 is 0 Å². The molecule has 0 aliphatic rings. The number of benzene rings is 1. The van der Waals surface area contributed by atoms with E-state index in [1.807, 2.05) is 31.2 Å². The lowest BCUT2D eigenvalue weighted by atomic mass is 9.89. The summed E-state index contributed by atoms with van der Waals surface area (Å²) in [4.78, 5) is 0. The van der Waals surface area contributed by atoms with Gasteiger partial charge in [-0.15, -0.1) is 0 Å². The molecule has 1 aromatic rings. The van der Waals surface area contributed by atoms with Gasteiger partial charge in [0.05, 0.1) is 7.11 Å². The number of nitrogens with two attached hydrogens (primary N) is 1. The van der Waals surface area contributed by atoms with Crippen molar-refractivity contribution in [2.75, 3.05) is 13.7 Å². The predicted molar refractivity (Wildman–Crippen MR) is 60.9 cm³/mol. The zero-order valence-corrected chi connectivity index (χ0v) is 9.36. The summed E-state index contributed by atoms with van der Waals surface area (Å²) >= 11 is 0. The highest BCUT2D eigenvalue weighted by Gasteiger charge is 2.26. The molecule has 1 rings (SSSR count). The second-order valence-electron chi connectivity index (χ2n) is 3.72. The van der Waals surface area contributed by atoms with Crippen molar-refractivity contribution in [1.82, 2.24) is 0 Å². The molecule has 0 amide bonds. The van der Waals surface area contributed by atoms with Crippen LogP contribution in [0.4, 0.5) is 0 Å². The van der Waals surface area contributed by atoms with Gasteiger partial charge in [-0.3, -0.25) is 0 Å². The number of rotatable bonds is 5. The largest absolute Gasteiger partial charge is 0.497 e. The molecule has 3 heteroatoms. The lowest BCUT2D eigenvalue weighted by Crippen LogP contribution is -2.34. The van der Waals surface area contributed by atoms with Crippen LogP contribution >= 0.6 is 0 Å². The van der Waals surface area contributed by atoms with E-state index in [0.717, 1.165) is 17.7 Å². The van der Waals surface area contributed by atoms with Crippen LogP contribution in [0.3, 0.4) is 0 Å². The second-order valence-corrected chi connectivity index (χ2v) is 3.72. The van der Waals surface area contributed by atoms with Crippen molar-refractivity contribution < 1.29 is 9.84 Å². The molecule has 84 valence electrons. The quantitative estimate of drug-likeness (QED) is 0.775. The van der Waals surface area contributed by atoms with Crippen molar-refractivity contribution in [3.05, 3.63) is 29.8 Å². The van der Waals surface area contributed by atoms with Gasteiger partial charge < -0.3 is 15.6 Å². The fraction of sp³-hybridized carbons (Fsp3) is 0.500. The highest BCUT2D eigenvalue weighted by molar-refractivity contribution is 5.32. The van der Waals surface area contributed by atoms with E-state index in [1.54, 1.807) is 7.11 Å². The average Bonchev–Trinajstić information content (AvgIpc) is 2.29. The van der Waals surface area contributed by atoms with Crippen LogP contribution in [0.2, 0.25) is 0 Å². The Labute approximate surface area is 90.9 Å². The molecule has 0 aromatic heterocycles. The van der Waals surface area contributed by atoms with Crippen LogP contribution < -0.4 is 10.5 Å². The second kappa shape index (κ2) is 5.14. The van der Waals surface area contributed by atoms with E-state index in [9.17, 15) is 5.11 Å². The molecular weight excluding hydrogens is 190 g/mol. The minimum Gasteiger partial charge on any atom is -0.497 e. The van der Waals surface area contributed by atoms with Gasteiger partial charge in [-0.25, -0.2) is 0 Å². The zero-order chi connectivity index (χ0) is 11.3. The molecule has 3 nitrogen and oxygen atoms in total. The maximum Gasteiger partial charge on any atom is 0.119 e. The molecule has 1 aromatic carbocycles. The molecule has 0 bridgehead atoms. The fourth-order valence-corrected chi connectivity index (χ4v) is 1.69. The van der Waals surface area contributed by atoms with Gasteiger partial charge in [-0.05, 0) is 24.1 Å². The summed E-state index contributed by atoms with van der Waals surface area (Å²) in [5, 5.41) is 10.3. The Balaban J connectivity index is 3.00. The van der Waals surface area contributed by atoms with Crippen LogP contribution in [0.5, 0.6) is 5.75 Å². The van der Waals surface area contributed by atoms with Crippen LogP contribution in [0.1, 0.15) is 25.3 Å². The van der Waals surface area contributed by atoms with Crippen LogP contribution in [0, 0.1) is 0 Å². The Bertz CT molecular complexity index is 314. The highest BCUT2D eigenvalue weighted by atomic mass is 16.5. The molecule has 0 heterocycles.